The van der Waals surface area contributed by atoms with Crippen LogP contribution in [0.2, 0.25) is 5.02 Å². The van der Waals surface area contributed by atoms with Gasteiger partial charge in [-0.1, -0.05) is 29.7 Å². The zero-order valence-corrected chi connectivity index (χ0v) is 18.9. The van der Waals surface area contributed by atoms with Gasteiger partial charge in [0.05, 0.1) is 43.4 Å². The minimum Gasteiger partial charge on any atom is -0.493 e. The quantitative estimate of drug-likeness (QED) is 0.401. The first-order valence-electron chi connectivity index (χ1n) is 10.3. The molecular weight excluding hydrogens is 414 g/mol. The molecule has 5 nitrogen and oxygen atoms in total. The lowest BCUT2D eigenvalue weighted by Crippen LogP contribution is -2.21. The highest BCUT2D eigenvalue weighted by Gasteiger charge is 2.44. The predicted molar refractivity (Wildman–Crippen MR) is 123 cm³/mol. The first kappa shape index (κ1) is 22.8. The molecule has 3 rings (SSSR count). The summed E-state index contributed by atoms with van der Waals surface area (Å²) in [6, 6.07) is 13.4. The third kappa shape index (κ3) is 6.32. The van der Waals surface area contributed by atoms with E-state index in [9.17, 15) is 4.79 Å². The summed E-state index contributed by atoms with van der Waals surface area (Å²) in [6.07, 6.45) is 2.37. The van der Waals surface area contributed by atoms with Gasteiger partial charge in [-0.2, -0.15) is 0 Å². The number of methoxy groups -OCH3 is 1. The molecule has 6 heteroatoms. The monoisotopic (exact) mass is 441 g/mol. The molecule has 1 N–H and O–H groups in total. The number of carbonyl (C=O) groups is 1. The number of halogens is 1. The fourth-order valence-corrected chi connectivity index (χ4v) is 3.51. The molecule has 0 aliphatic heterocycles. The molecule has 0 heterocycles. The molecular formula is C25H28ClNO4. The maximum atomic E-state index is 11.6. The van der Waals surface area contributed by atoms with Crippen molar-refractivity contribution in [1.29, 1.82) is 0 Å². The third-order valence-electron chi connectivity index (χ3n) is 5.46. The summed E-state index contributed by atoms with van der Waals surface area (Å²) in [5.74, 6) is 7.05. The molecule has 1 aliphatic carbocycles. The van der Waals surface area contributed by atoms with E-state index >= 15 is 0 Å². The van der Waals surface area contributed by atoms with E-state index in [0.717, 1.165) is 35.6 Å². The second-order valence-electron chi connectivity index (χ2n) is 7.77. The normalized spacial score (nSPS) is 14.6. The Balaban J connectivity index is 1.54. The van der Waals surface area contributed by atoms with Gasteiger partial charge in [-0.25, -0.2) is 0 Å². The molecule has 0 aromatic heterocycles. The molecule has 31 heavy (non-hydrogen) atoms. The zero-order valence-electron chi connectivity index (χ0n) is 18.2. The molecule has 1 aliphatic rings. The Bertz CT molecular complexity index is 958. The molecule has 2 aromatic carbocycles. The summed E-state index contributed by atoms with van der Waals surface area (Å²) in [5, 5.41) is 3.68. The highest BCUT2D eigenvalue weighted by molar-refractivity contribution is 6.33. The van der Waals surface area contributed by atoms with Crippen LogP contribution in [0.1, 0.15) is 37.7 Å². The van der Waals surface area contributed by atoms with Crippen molar-refractivity contribution in [3.8, 4) is 23.3 Å². The van der Waals surface area contributed by atoms with Crippen LogP contribution < -0.4 is 14.8 Å². The van der Waals surface area contributed by atoms with Gasteiger partial charge in [-0.3, -0.25) is 4.79 Å². The number of nitrogens with one attached hydrogen (secondary N) is 1. The number of ether oxygens (including phenoxy) is 3. The molecule has 164 valence electrons. The fraction of sp³-hybridized carbons (Fsp3) is 0.400. The summed E-state index contributed by atoms with van der Waals surface area (Å²) in [4.78, 5) is 11.6. The van der Waals surface area contributed by atoms with Crippen molar-refractivity contribution < 1.29 is 19.0 Å². The van der Waals surface area contributed by atoms with Crippen molar-refractivity contribution in [2.24, 2.45) is 5.41 Å². The van der Waals surface area contributed by atoms with E-state index in [1.165, 1.54) is 7.11 Å². The lowest BCUT2D eigenvalue weighted by Gasteiger charge is -2.18. The Morgan fingerprint density at radius 3 is 2.32 bits per heavy atom. The minimum absolute atomic E-state index is 0.0356. The molecule has 1 unspecified atom stereocenters. The van der Waals surface area contributed by atoms with Crippen LogP contribution in [0.3, 0.4) is 0 Å². The van der Waals surface area contributed by atoms with Crippen LogP contribution in [0.25, 0.3) is 0 Å². The molecule has 2 aromatic rings. The van der Waals surface area contributed by atoms with Crippen molar-refractivity contribution in [1.82, 2.24) is 0 Å². The molecule has 0 bridgehead atoms. The van der Waals surface area contributed by atoms with Gasteiger partial charge >= 0.3 is 5.97 Å². The summed E-state index contributed by atoms with van der Waals surface area (Å²) in [6.45, 7) is 2.95. The van der Waals surface area contributed by atoms with Crippen LogP contribution in [-0.4, -0.2) is 33.3 Å². The van der Waals surface area contributed by atoms with Crippen LogP contribution in [0.15, 0.2) is 42.5 Å². The average molecular weight is 442 g/mol. The summed E-state index contributed by atoms with van der Waals surface area (Å²) in [7, 11) is 3.22. The van der Waals surface area contributed by atoms with E-state index in [0.29, 0.717) is 18.2 Å². The van der Waals surface area contributed by atoms with Gasteiger partial charge < -0.3 is 19.5 Å². The van der Waals surface area contributed by atoms with Crippen molar-refractivity contribution in [3.63, 3.8) is 0 Å². The van der Waals surface area contributed by atoms with Crippen LogP contribution in [0.5, 0.6) is 11.5 Å². The molecule has 1 atom stereocenters. The summed E-state index contributed by atoms with van der Waals surface area (Å²) >= 11 is 6.23. The topological polar surface area (TPSA) is 56.8 Å². The second-order valence-corrected chi connectivity index (χ2v) is 8.17. The van der Waals surface area contributed by atoms with E-state index in [1.54, 1.807) is 6.92 Å². The number of hydrogen-bond donors (Lipinski definition) is 1. The average Bonchev–Trinajstić information content (AvgIpc) is 3.56. The largest absolute Gasteiger partial charge is 0.493 e. The lowest BCUT2D eigenvalue weighted by atomic mass is 9.96. The number of anilines is 1. The van der Waals surface area contributed by atoms with E-state index < -0.39 is 0 Å². The van der Waals surface area contributed by atoms with E-state index in [1.807, 2.05) is 49.5 Å². The number of hydrogen-bond acceptors (Lipinski definition) is 5. The molecule has 0 saturated heterocycles. The number of esters is 1. The molecule has 0 amide bonds. The Morgan fingerprint density at radius 1 is 1.13 bits per heavy atom. The van der Waals surface area contributed by atoms with Crippen LogP contribution in [-0.2, 0) is 9.53 Å². The van der Waals surface area contributed by atoms with Gasteiger partial charge in [0.25, 0.3) is 0 Å². The zero-order chi connectivity index (χ0) is 22.3. The second kappa shape index (κ2) is 10.5. The predicted octanol–water partition coefficient (Wildman–Crippen LogP) is 5.29. The van der Waals surface area contributed by atoms with Crippen molar-refractivity contribution in [2.45, 2.75) is 32.1 Å². The first-order chi connectivity index (χ1) is 15.0. The van der Waals surface area contributed by atoms with Crippen LogP contribution >= 0.6 is 11.6 Å². The van der Waals surface area contributed by atoms with Gasteiger partial charge in [-0.05, 0) is 49.6 Å². The van der Waals surface area contributed by atoms with Crippen LogP contribution in [0, 0.1) is 17.3 Å². The SMILES string of the molecule is CC#CC(CC(=O)OC)c1ccc(OCC2(COc3ccc(NC)c(Cl)c3)CC2)cc1. The van der Waals surface area contributed by atoms with Gasteiger partial charge in [0, 0.05) is 18.5 Å². The summed E-state index contributed by atoms with van der Waals surface area (Å²) in [5.41, 5.74) is 1.88. The van der Waals surface area contributed by atoms with E-state index in [2.05, 4.69) is 17.2 Å². The lowest BCUT2D eigenvalue weighted by molar-refractivity contribution is -0.140. The van der Waals surface area contributed by atoms with E-state index in [4.69, 9.17) is 25.8 Å². The minimum atomic E-state index is -0.273. The molecule has 1 fully saturated rings. The maximum absolute atomic E-state index is 11.6. The van der Waals surface area contributed by atoms with E-state index in [-0.39, 0.29) is 23.7 Å². The van der Waals surface area contributed by atoms with Gasteiger partial charge in [0.1, 0.15) is 11.5 Å². The smallest absolute Gasteiger partial charge is 0.307 e. The molecule has 0 radical (unpaired) electrons. The van der Waals surface area contributed by atoms with Gasteiger partial charge in [0.2, 0.25) is 0 Å². The molecule has 1 saturated carbocycles. The highest BCUT2D eigenvalue weighted by Crippen LogP contribution is 2.46. The van der Waals surface area contributed by atoms with Crippen molar-refractivity contribution >= 4 is 23.3 Å². The van der Waals surface area contributed by atoms with Crippen molar-refractivity contribution in [2.75, 3.05) is 32.7 Å². The van der Waals surface area contributed by atoms with Gasteiger partial charge in [-0.15, -0.1) is 5.92 Å². The highest BCUT2D eigenvalue weighted by atomic mass is 35.5. The van der Waals surface area contributed by atoms with Gasteiger partial charge in [0.15, 0.2) is 0 Å². The Kier molecular flexibility index (Phi) is 7.70. The Morgan fingerprint density at radius 2 is 1.77 bits per heavy atom. The summed E-state index contributed by atoms with van der Waals surface area (Å²) < 4.78 is 16.8. The Labute approximate surface area is 189 Å². The fourth-order valence-electron chi connectivity index (χ4n) is 3.24. The number of rotatable bonds is 10. The third-order valence-corrected chi connectivity index (χ3v) is 5.77. The van der Waals surface area contributed by atoms with Crippen LogP contribution in [0.4, 0.5) is 5.69 Å². The number of benzene rings is 2. The number of carbonyl (C=O) groups excluding carboxylic acids is 1. The Hall–Kier alpha value is -2.84. The molecule has 0 spiro atoms. The first-order valence-corrected chi connectivity index (χ1v) is 10.7. The van der Waals surface area contributed by atoms with Crippen molar-refractivity contribution in [3.05, 3.63) is 53.1 Å². The standard InChI is InChI=1S/C25H28ClNO4/c1-4-5-19(14-24(28)29-3)18-6-8-20(9-7-18)30-16-25(12-13-25)17-31-21-10-11-23(27-2)22(26)15-21/h6-11,15,19,27H,12-14,16-17H2,1-3H3. The maximum Gasteiger partial charge on any atom is 0.307 e.